The van der Waals surface area contributed by atoms with Gasteiger partial charge in [-0.15, -0.1) is 12.4 Å². The zero-order valence-electron chi connectivity index (χ0n) is 14.7. The summed E-state index contributed by atoms with van der Waals surface area (Å²) in [4.78, 5) is 13.7. The number of nitrogens with one attached hydrogen (secondary N) is 1. The number of piperidine rings is 1. The summed E-state index contributed by atoms with van der Waals surface area (Å²) in [5.41, 5.74) is 0.619. The van der Waals surface area contributed by atoms with Gasteiger partial charge < -0.3 is 10.2 Å². The van der Waals surface area contributed by atoms with Gasteiger partial charge in [-0.25, -0.2) is 8.42 Å². The van der Waals surface area contributed by atoms with Crippen LogP contribution in [0.3, 0.4) is 0 Å². The number of halogens is 3. The molecule has 0 saturated carbocycles. The average Bonchev–Trinajstić information content (AvgIpc) is 2.60. The quantitative estimate of drug-likeness (QED) is 0.750. The number of rotatable bonds is 7. The Labute approximate surface area is 159 Å². The number of likely N-dealkylation sites (tertiary alicyclic amines) is 1. The molecule has 1 fully saturated rings. The highest BCUT2D eigenvalue weighted by molar-refractivity contribution is 7.91. The van der Waals surface area contributed by atoms with Crippen LogP contribution >= 0.6 is 12.4 Å². The van der Waals surface area contributed by atoms with Crippen LogP contribution in [0.1, 0.15) is 25.3 Å². The molecule has 0 aliphatic carbocycles. The molecule has 148 valence electrons. The highest BCUT2D eigenvalue weighted by Crippen LogP contribution is 2.20. The van der Waals surface area contributed by atoms with Gasteiger partial charge >= 0.3 is 5.76 Å². The molecule has 1 saturated heterocycles. The monoisotopic (exact) mass is 410 g/mol. The highest BCUT2D eigenvalue weighted by atomic mass is 35.5. The predicted molar refractivity (Wildman–Crippen MR) is 98.4 cm³/mol. The lowest BCUT2D eigenvalue weighted by Gasteiger charge is -2.32. The molecule has 1 amide bonds. The minimum atomic E-state index is -4.59. The molecule has 0 spiro atoms. The van der Waals surface area contributed by atoms with Gasteiger partial charge in [-0.1, -0.05) is 19.1 Å². The zero-order valence-corrected chi connectivity index (χ0v) is 16.3. The van der Waals surface area contributed by atoms with Crippen LogP contribution in [0.2, 0.25) is 0 Å². The standard InChI is InChI=1S/C17H24F2N2O3S.ClH/c1-2-20-12-14-7-9-21(10-8-14)16(22)11-13-3-5-15(6-4-13)25(23,24)17(18)19;/h3-6,14,17,20H,2,7-12H2,1H3;1H. The normalized spacial score (nSPS) is 15.8. The Morgan fingerprint density at radius 2 is 1.81 bits per heavy atom. The van der Waals surface area contributed by atoms with E-state index < -0.39 is 20.5 Å². The number of sulfone groups is 1. The fraction of sp³-hybridized carbons (Fsp3) is 0.588. The highest BCUT2D eigenvalue weighted by Gasteiger charge is 2.26. The van der Waals surface area contributed by atoms with Crippen LogP contribution < -0.4 is 5.32 Å². The van der Waals surface area contributed by atoms with E-state index in [1.54, 1.807) is 0 Å². The van der Waals surface area contributed by atoms with E-state index in [0.717, 1.165) is 38.1 Å². The van der Waals surface area contributed by atoms with Crippen LogP contribution in [0.15, 0.2) is 29.2 Å². The molecule has 5 nitrogen and oxygen atoms in total. The summed E-state index contributed by atoms with van der Waals surface area (Å²) in [5.74, 6) is -2.88. The number of alkyl halides is 2. The van der Waals surface area contributed by atoms with Gasteiger partial charge in [0, 0.05) is 13.1 Å². The summed E-state index contributed by atoms with van der Waals surface area (Å²) in [6.45, 7) is 5.41. The van der Waals surface area contributed by atoms with Gasteiger partial charge in [-0.2, -0.15) is 8.78 Å². The molecule has 0 aromatic heterocycles. The van der Waals surface area contributed by atoms with Crippen molar-refractivity contribution in [3.05, 3.63) is 29.8 Å². The van der Waals surface area contributed by atoms with E-state index >= 15 is 0 Å². The van der Waals surface area contributed by atoms with E-state index in [9.17, 15) is 22.0 Å². The van der Waals surface area contributed by atoms with Crippen molar-refractivity contribution in [2.75, 3.05) is 26.2 Å². The Hall–Kier alpha value is -1.25. The zero-order chi connectivity index (χ0) is 18.4. The van der Waals surface area contributed by atoms with Crippen molar-refractivity contribution in [1.29, 1.82) is 0 Å². The van der Waals surface area contributed by atoms with Gasteiger partial charge in [-0.3, -0.25) is 4.79 Å². The second kappa shape index (κ2) is 10.2. The molecule has 26 heavy (non-hydrogen) atoms. The summed E-state index contributed by atoms with van der Waals surface area (Å²) in [6, 6.07) is 5.11. The molecule has 0 radical (unpaired) electrons. The Morgan fingerprint density at radius 1 is 1.23 bits per heavy atom. The number of carbonyl (C=O) groups is 1. The maximum absolute atomic E-state index is 12.5. The van der Waals surface area contributed by atoms with E-state index in [0.29, 0.717) is 24.6 Å². The molecule has 1 N–H and O–H groups in total. The number of hydrogen-bond donors (Lipinski definition) is 1. The first-order chi connectivity index (χ1) is 11.8. The molecule has 0 atom stereocenters. The van der Waals surface area contributed by atoms with Crippen molar-refractivity contribution in [3.8, 4) is 0 Å². The first-order valence-electron chi connectivity index (χ1n) is 8.44. The van der Waals surface area contributed by atoms with E-state index in [4.69, 9.17) is 0 Å². The summed E-state index contributed by atoms with van der Waals surface area (Å²) >= 11 is 0. The lowest BCUT2D eigenvalue weighted by atomic mass is 9.96. The van der Waals surface area contributed by atoms with Gasteiger partial charge in [0.1, 0.15) is 0 Å². The smallest absolute Gasteiger partial charge is 0.341 e. The van der Waals surface area contributed by atoms with E-state index in [-0.39, 0.29) is 24.7 Å². The van der Waals surface area contributed by atoms with Crippen LogP contribution in [-0.4, -0.2) is 51.2 Å². The Bertz CT molecular complexity index is 676. The second-order valence-corrected chi connectivity index (χ2v) is 8.18. The van der Waals surface area contributed by atoms with Crippen LogP contribution in [0.5, 0.6) is 0 Å². The van der Waals surface area contributed by atoms with Crippen molar-refractivity contribution in [1.82, 2.24) is 10.2 Å². The second-order valence-electron chi connectivity index (χ2n) is 6.26. The maximum atomic E-state index is 12.5. The van der Waals surface area contributed by atoms with Crippen LogP contribution in [0, 0.1) is 5.92 Å². The lowest BCUT2D eigenvalue weighted by molar-refractivity contribution is -0.131. The van der Waals surface area contributed by atoms with Crippen molar-refractivity contribution >= 4 is 28.2 Å². The summed E-state index contributed by atoms with van der Waals surface area (Å²) in [6.07, 6.45) is 2.07. The average molecular weight is 411 g/mol. The van der Waals surface area contributed by atoms with E-state index in [1.807, 2.05) is 4.90 Å². The van der Waals surface area contributed by atoms with Gasteiger partial charge in [-0.05, 0) is 49.5 Å². The third-order valence-electron chi connectivity index (χ3n) is 4.49. The first-order valence-corrected chi connectivity index (χ1v) is 9.98. The minimum absolute atomic E-state index is 0. The first kappa shape index (κ1) is 22.8. The fourth-order valence-corrected chi connectivity index (χ4v) is 3.64. The fourth-order valence-electron chi connectivity index (χ4n) is 2.92. The van der Waals surface area contributed by atoms with Crippen LogP contribution in [0.4, 0.5) is 8.78 Å². The molecule has 2 rings (SSSR count). The van der Waals surface area contributed by atoms with Crippen LogP contribution in [0.25, 0.3) is 0 Å². The predicted octanol–water partition coefficient (Wildman–Crippen LogP) is 2.50. The van der Waals surface area contributed by atoms with Crippen molar-refractivity contribution in [2.24, 2.45) is 5.92 Å². The lowest BCUT2D eigenvalue weighted by Crippen LogP contribution is -2.41. The summed E-state index contributed by atoms with van der Waals surface area (Å²) < 4.78 is 47.8. The Morgan fingerprint density at radius 3 is 2.31 bits per heavy atom. The molecule has 1 aromatic rings. The van der Waals surface area contributed by atoms with Crippen molar-refractivity contribution in [2.45, 2.75) is 36.8 Å². The molecule has 9 heteroatoms. The molecule has 0 bridgehead atoms. The number of benzene rings is 1. The van der Waals surface area contributed by atoms with E-state index in [1.165, 1.54) is 12.1 Å². The molecule has 1 aromatic carbocycles. The molecule has 0 unspecified atom stereocenters. The molecule has 1 heterocycles. The molecule has 1 aliphatic heterocycles. The largest absolute Gasteiger partial charge is 0.342 e. The molecule has 1 aliphatic rings. The number of carbonyl (C=O) groups excluding carboxylic acids is 1. The molecular weight excluding hydrogens is 386 g/mol. The number of hydrogen-bond acceptors (Lipinski definition) is 4. The van der Waals surface area contributed by atoms with Gasteiger partial charge in [0.05, 0.1) is 11.3 Å². The summed E-state index contributed by atoms with van der Waals surface area (Å²) in [7, 11) is -4.59. The van der Waals surface area contributed by atoms with Crippen LogP contribution in [-0.2, 0) is 21.1 Å². The third-order valence-corrected chi connectivity index (χ3v) is 5.89. The Kier molecular flexibility index (Phi) is 8.92. The van der Waals surface area contributed by atoms with Gasteiger partial charge in [0.25, 0.3) is 0 Å². The minimum Gasteiger partial charge on any atom is -0.342 e. The summed E-state index contributed by atoms with van der Waals surface area (Å²) in [5, 5.41) is 3.32. The van der Waals surface area contributed by atoms with Gasteiger partial charge in [0.2, 0.25) is 15.7 Å². The SMILES string of the molecule is CCNCC1CCN(C(=O)Cc2ccc(S(=O)(=O)C(F)F)cc2)CC1.Cl. The van der Waals surface area contributed by atoms with Crippen molar-refractivity contribution in [3.63, 3.8) is 0 Å². The van der Waals surface area contributed by atoms with Gasteiger partial charge in [0.15, 0.2) is 0 Å². The van der Waals surface area contributed by atoms with E-state index in [2.05, 4.69) is 12.2 Å². The number of nitrogens with zero attached hydrogens (tertiary/aromatic N) is 1. The maximum Gasteiger partial charge on any atom is 0.341 e. The molecular formula is C17H25ClF2N2O3S. The third kappa shape index (κ3) is 5.89. The number of amides is 1. The topological polar surface area (TPSA) is 66.5 Å². The van der Waals surface area contributed by atoms with Crippen molar-refractivity contribution < 1.29 is 22.0 Å². The Balaban J connectivity index is 0.00000338.